The van der Waals surface area contributed by atoms with Crippen molar-refractivity contribution in [3.05, 3.63) is 27.6 Å². The Labute approximate surface area is 122 Å². The van der Waals surface area contributed by atoms with Crippen LogP contribution in [0.4, 0.5) is 0 Å². The molecular weight excluding hydrogens is 330 g/mol. The third kappa shape index (κ3) is 3.50. The minimum Gasteiger partial charge on any atom is -0.346 e. The Hall–Kier alpha value is -1.03. The van der Waals surface area contributed by atoms with Crippen molar-refractivity contribution in [3.8, 4) is 0 Å². The second kappa shape index (κ2) is 5.53. The van der Waals surface area contributed by atoms with Crippen LogP contribution in [0.5, 0.6) is 0 Å². The Morgan fingerprint density at radius 1 is 1.47 bits per heavy atom. The largest absolute Gasteiger partial charge is 0.346 e. The zero-order valence-corrected chi connectivity index (χ0v) is 12.8. The van der Waals surface area contributed by atoms with Crippen LogP contribution in [0.2, 0.25) is 0 Å². The van der Waals surface area contributed by atoms with Gasteiger partial charge in [-0.2, -0.15) is 0 Å². The number of halogens is 1. The molecule has 0 atom stereocenters. The Morgan fingerprint density at radius 3 is 2.74 bits per heavy atom. The fraction of sp³-hybridized carbons (Fsp3) is 0.222. The van der Waals surface area contributed by atoms with E-state index in [0.29, 0.717) is 15.4 Å². The standard InChI is InChI=1S/C9H8ClN3O3S3/c1-5-8(18-13-12-5)9(14)11-4-6-2-3-7(17-6)19(10,15)16/h2-3H,4H2,1H3,(H,11,14). The third-order valence-corrected chi connectivity index (χ3v) is 6.16. The molecule has 0 fully saturated rings. The van der Waals surface area contributed by atoms with Gasteiger partial charge < -0.3 is 5.32 Å². The van der Waals surface area contributed by atoms with Crippen molar-refractivity contribution >= 4 is 48.5 Å². The van der Waals surface area contributed by atoms with E-state index in [1.165, 1.54) is 6.07 Å². The van der Waals surface area contributed by atoms with Gasteiger partial charge in [0.1, 0.15) is 9.09 Å². The highest BCUT2D eigenvalue weighted by molar-refractivity contribution is 8.15. The maximum atomic E-state index is 11.8. The molecule has 0 aliphatic carbocycles. The first-order valence-electron chi connectivity index (χ1n) is 4.98. The molecule has 0 aromatic carbocycles. The molecule has 0 bridgehead atoms. The summed E-state index contributed by atoms with van der Waals surface area (Å²) in [5.74, 6) is -0.281. The lowest BCUT2D eigenvalue weighted by atomic mass is 10.3. The van der Waals surface area contributed by atoms with E-state index in [2.05, 4.69) is 14.9 Å². The van der Waals surface area contributed by atoms with Gasteiger partial charge in [-0.05, 0) is 30.6 Å². The SMILES string of the molecule is Cc1nnsc1C(=O)NCc1ccc(S(=O)(=O)Cl)s1. The van der Waals surface area contributed by atoms with Crippen LogP contribution in [-0.4, -0.2) is 23.9 Å². The highest BCUT2D eigenvalue weighted by Crippen LogP contribution is 2.24. The van der Waals surface area contributed by atoms with Gasteiger partial charge in [0.25, 0.3) is 15.0 Å². The molecule has 0 aliphatic rings. The minimum absolute atomic E-state index is 0.0639. The van der Waals surface area contributed by atoms with E-state index < -0.39 is 9.05 Å². The number of nitrogens with zero attached hydrogens (tertiary/aromatic N) is 2. The molecule has 19 heavy (non-hydrogen) atoms. The predicted molar refractivity (Wildman–Crippen MR) is 73.2 cm³/mol. The Kier molecular flexibility index (Phi) is 4.19. The number of hydrogen-bond acceptors (Lipinski definition) is 7. The summed E-state index contributed by atoms with van der Waals surface area (Å²) in [7, 11) is 1.51. The zero-order valence-electron chi connectivity index (χ0n) is 9.58. The molecule has 0 spiro atoms. The highest BCUT2D eigenvalue weighted by Gasteiger charge is 2.15. The molecule has 1 amide bonds. The van der Waals surface area contributed by atoms with E-state index in [-0.39, 0.29) is 16.7 Å². The lowest BCUT2D eigenvalue weighted by Gasteiger charge is -2.00. The molecular formula is C9H8ClN3O3S3. The number of rotatable bonds is 4. The number of nitrogens with one attached hydrogen (secondary N) is 1. The topological polar surface area (TPSA) is 89.0 Å². The van der Waals surface area contributed by atoms with Crippen LogP contribution in [0, 0.1) is 6.92 Å². The molecule has 0 saturated carbocycles. The van der Waals surface area contributed by atoms with E-state index >= 15 is 0 Å². The van der Waals surface area contributed by atoms with Crippen molar-refractivity contribution in [2.24, 2.45) is 0 Å². The lowest BCUT2D eigenvalue weighted by Crippen LogP contribution is -2.22. The van der Waals surface area contributed by atoms with Gasteiger partial charge in [0, 0.05) is 15.6 Å². The average Bonchev–Trinajstić information content (AvgIpc) is 2.93. The summed E-state index contributed by atoms with van der Waals surface area (Å²) in [5.41, 5.74) is 0.567. The van der Waals surface area contributed by atoms with Crippen molar-refractivity contribution in [2.45, 2.75) is 17.7 Å². The van der Waals surface area contributed by atoms with Crippen LogP contribution in [0.25, 0.3) is 0 Å². The second-order valence-corrected chi connectivity index (χ2v) is 8.24. The van der Waals surface area contributed by atoms with Gasteiger partial charge >= 0.3 is 0 Å². The maximum Gasteiger partial charge on any atom is 0.270 e. The van der Waals surface area contributed by atoms with Gasteiger partial charge in [-0.3, -0.25) is 4.79 Å². The van der Waals surface area contributed by atoms with Gasteiger partial charge in [-0.15, -0.1) is 16.4 Å². The Balaban J connectivity index is 2.02. The molecule has 0 unspecified atom stereocenters. The van der Waals surface area contributed by atoms with Crippen molar-refractivity contribution in [2.75, 3.05) is 0 Å². The summed E-state index contributed by atoms with van der Waals surface area (Å²) in [6.45, 7) is 1.93. The van der Waals surface area contributed by atoms with Crippen LogP contribution in [0.1, 0.15) is 20.2 Å². The molecule has 10 heteroatoms. The van der Waals surface area contributed by atoms with Crippen molar-refractivity contribution < 1.29 is 13.2 Å². The van der Waals surface area contributed by atoms with Crippen molar-refractivity contribution in [1.82, 2.24) is 14.9 Å². The van der Waals surface area contributed by atoms with Crippen molar-refractivity contribution in [3.63, 3.8) is 0 Å². The third-order valence-electron chi connectivity index (χ3n) is 2.16. The summed E-state index contributed by atoms with van der Waals surface area (Å²) in [4.78, 5) is 12.9. The van der Waals surface area contributed by atoms with E-state index in [0.717, 1.165) is 22.9 Å². The van der Waals surface area contributed by atoms with Gasteiger partial charge in [0.05, 0.1) is 12.2 Å². The fourth-order valence-corrected chi connectivity index (χ4v) is 3.91. The monoisotopic (exact) mass is 337 g/mol. The molecule has 0 radical (unpaired) electrons. The van der Waals surface area contributed by atoms with E-state index in [1.807, 2.05) is 0 Å². The maximum absolute atomic E-state index is 11.8. The van der Waals surface area contributed by atoms with Crippen LogP contribution < -0.4 is 5.32 Å². The first kappa shape index (κ1) is 14.4. The molecule has 6 nitrogen and oxygen atoms in total. The molecule has 2 aromatic heterocycles. The number of carbonyl (C=O) groups excluding carboxylic acids is 1. The molecule has 0 saturated heterocycles. The van der Waals surface area contributed by atoms with Gasteiger partial charge in [0.15, 0.2) is 0 Å². The van der Waals surface area contributed by atoms with E-state index in [4.69, 9.17) is 10.7 Å². The molecule has 102 valence electrons. The summed E-state index contributed by atoms with van der Waals surface area (Å²) in [5, 5.41) is 6.41. The first-order chi connectivity index (χ1) is 8.88. The van der Waals surface area contributed by atoms with E-state index in [1.54, 1.807) is 13.0 Å². The smallest absolute Gasteiger partial charge is 0.270 e. The summed E-state index contributed by atoms with van der Waals surface area (Å²) in [6.07, 6.45) is 0. The van der Waals surface area contributed by atoms with Crippen LogP contribution in [0.15, 0.2) is 16.3 Å². The number of aromatic nitrogens is 2. The molecule has 0 aliphatic heterocycles. The predicted octanol–water partition coefficient (Wildman–Crippen LogP) is 1.77. The minimum atomic E-state index is -3.71. The number of carbonyl (C=O) groups is 1. The Bertz CT molecular complexity index is 707. The first-order valence-corrected chi connectivity index (χ1v) is 8.88. The average molecular weight is 338 g/mol. The molecule has 2 heterocycles. The summed E-state index contributed by atoms with van der Waals surface area (Å²) < 4.78 is 25.9. The van der Waals surface area contributed by atoms with E-state index in [9.17, 15) is 13.2 Å². The van der Waals surface area contributed by atoms with Gasteiger partial charge in [-0.25, -0.2) is 8.42 Å². The number of thiophene rings is 1. The molecule has 2 rings (SSSR count). The van der Waals surface area contributed by atoms with Gasteiger partial charge in [0.2, 0.25) is 0 Å². The van der Waals surface area contributed by atoms with Gasteiger partial charge in [-0.1, -0.05) is 4.49 Å². The number of amides is 1. The fourth-order valence-electron chi connectivity index (χ4n) is 1.27. The highest BCUT2D eigenvalue weighted by atomic mass is 35.7. The number of hydrogen-bond donors (Lipinski definition) is 1. The summed E-state index contributed by atoms with van der Waals surface area (Å²) in [6, 6.07) is 3.02. The lowest BCUT2D eigenvalue weighted by molar-refractivity contribution is 0.0954. The van der Waals surface area contributed by atoms with Crippen molar-refractivity contribution in [1.29, 1.82) is 0 Å². The van der Waals surface area contributed by atoms with Crippen LogP contribution in [0.3, 0.4) is 0 Å². The quantitative estimate of drug-likeness (QED) is 0.859. The summed E-state index contributed by atoms with van der Waals surface area (Å²) >= 11 is 2.04. The van der Waals surface area contributed by atoms with Crippen LogP contribution in [-0.2, 0) is 15.6 Å². The van der Waals surface area contributed by atoms with Crippen LogP contribution >= 0.6 is 33.6 Å². The second-order valence-electron chi connectivity index (χ2n) is 3.53. The zero-order chi connectivity index (χ0) is 14.0. The molecule has 1 N–H and O–H groups in total. The molecule has 2 aromatic rings. The normalized spacial score (nSPS) is 11.5. The number of aryl methyl sites for hydroxylation is 1. The Morgan fingerprint density at radius 2 is 2.21 bits per heavy atom.